The summed E-state index contributed by atoms with van der Waals surface area (Å²) in [5, 5.41) is 3.61. The van der Waals surface area contributed by atoms with Gasteiger partial charge in [-0.2, -0.15) is 0 Å². The van der Waals surface area contributed by atoms with Crippen LogP contribution in [0, 0.1) is 0 Å². The molecule has 3 rings (SSSR count). The van der Waals surface area contributed by atoms with Gasteiger partial charge in [0.25, 0.3) is 0 Å². The van der Waals surface area contributed by atoms with E-state index in [0.29, 0.717) is 6.04 Å². The molecule has 2 aromatic rings. The average Bonchev–Trinajstić information content (AvgIpc) is 2.57. The second-order valence-electron chi connectivity index (χ2n) is 5.50. The molecule has 0 bridgehead atoms. The van der Waals surface area contributed by atoms with Crippen molar-refractivity contribution >= 4 is 0 Å². The number of piperazine rings is 1. The summed E-state index contributed by atoms with van der Waals surface area (Å²) in [6, 6.07) is 19.5. The maximum absolute atomic E-state index is 5.21. The van der Waals surface area contributed by atoms with Crippen LogP contribution in [0.4, 0.5) is 0 Å². The first-order chi connectivity index (χ1) is 10.3. The van der Waals surface area contributed by atoms with E-state index in [1.807, 2.05) is 12.1 Å². The second-order valence-corrected chi connectivity index (χ2v) is 5.50. The van der Waals surface area contributed by atoms with Gasteiger partial charge in [0.05, 0.1) is 7.11 Å². The summed E-state index contributed by atoms with van der Waals surface area (Å²) in [6.07, 6.45) is 0. The van der Waals surface area contributed by atoms with Gasteiger partial charge in [-0.25, -0.2) is 0 Å². The maximum atomic E-state index is 5.21. The molecule has 0 aromatic heterocycles. The van der Waals surface area contributed by atoms with Crippen molar-refractivity contribution in [3.63, 3.8) is 0 Å². The molecule has 3 nitrogen and oxygen atoms in total. The molecule has 0 aliphatic carbocycles. The lowest BCUT2D eigenvalue weighted by atomic mass is 10.0. The minimum atomic E-state index is 0.429. The summed E-state index contributed by atoms with van der Waals surface area (Å²) >= 11 is 0. The highest BCUT2D eigenvalue weighted by Crippen LogP contribution is 2.19. The lowest BCUT2D eigenvalue weighted by molar-refractivity contribution is 0.193. The summed E-state index contributed by atoms with van der Waals surface area (Å²) in [5.74, 6) is 0.918. The van der Waals surface area contributed by atoms with E-state index in [4.69, 9.17) is 4.74 Å². The van der Waals surface area contributed by atoms with Crippen LogP contribution in [-0.2, 0) is 6.54 Å². The van der Waals surface area contributed by atoms with E-state index in [1.165, 1.54) is 11.1 Å². The fourth-order valence-corrected chi connectivity index (χ4v) is 2.85. The number of rotatable bonds is 4. The molecule has 0 spiro atoms. The van der Waals surface area contributed by atoms with Crippen LogP contribution in [0.25, 0.3) is 0 Å². The van der Waals surface area contributed by atoms with Crippen LogP contribution < -0.4 is 10.1 Å². The van der Waals surface area contributed by atoms with Crippen molar-refractivity contribution in [2.45, 2.75) is 12.6 Å². The molecule has 1 saturated heterocycles. The van der Waals surface area contributed by atoms with Crippen LogP contribution in [0.1, 0.15) is 17.2 Å². The Hall–Kier alpha value is -1.84. The van der Waals surface area contributed by atoms with Crippen molar-refractivity contribution in [1.29, 1.82) is 0 Å². The van der Waals surface area contributed by atoms with Gasteiger partial charge >= 0.3 is 0 Å². The molecule has 0 amide bonds. The van der Waals surface area contributed by atoms with Crippen molar-refractivity contribution in [3.05, 3.63) is 65.7 Å². The zero-order chi connectivity index (χ0) is 14.5. The Balaban J connectivity index is 1.63. The Bertz CT molecular complexity index is 553. The fourth-order valence-electron chi connectivity index (χ4n) is 2.85. The Morgan fingerprint density at radius 3 is 2.57 bits per heavy atom. The Morgan fingerprint density at radius 1 is 1.10 bits per heavy atom. The van der Waals surface area contributed by atoms with Gasteiger partial charge in [-0.1, -0.05) is 42.5 Å². The maximum Gasteiger partial charge on any atom is 0.118 e. The fraction of sp³-hybridized carbons (Fsp3) is 0.333. The molecule has 0 saturated carbocycles. The lowest BCUT2D eigenvalue weighted by Crippen LogP contribution is -2.45. The number of hydrogen-bond acceptors (Lipinski definition) is 3. The molecule has 1 fully saturated rings. The van der Waals surface area contributed by atoms with Gasteiger partial charge in [0.15, 0.2) is 0 Å². The zero-order valence-corrected chi connectivity index (χ0v) is 12.5. The number of benzene rings is 2. The normalized spacial score (nSPS) is 19.4. The molecule has 21 heavy (non-hydrogen) atoms. The number of nitrogens with zero attached hydrogens (tertiary/aromatic N) is 1. The SMILES string of the molecule is COc1ccc(CN2CCNC(c3ccccc3)C2)cc1. The Kier molecular flexibility index (Phi) is 4.53. The second kappa shape index (κ2) is 6.74. The predicted octanol–water partition coefficient (Wildman–Crippen LogP) is 2.84. The highest BCUT2D eigenvalue weighted by molar-refractivity contribution is 5.27. The largest absolute Gasteiger partial charge is 0.497 e. The number of hydrogen-bond donors (Lipinski definition) is 1. The van der Waals surface area contributed by atoms with Crippen LogP contribution >= 0.6 is 0 Å². The minimum absolute atomic E-state index is 0.429. The monoisotopic (exact) mass is 282 g/mol. The molecular weight excluding hydrogens is 260 g/mol. The summed E-state index contributed by atoms with van der Waals surface area (Å²) in [4.78, 5) is 2.51. The van der Waals surface area contributed by atoms with Gasteiger partial charge in [-0.3, -0.25) is 4.90 Å². The van der Waals surface area contributed by atoms with E-state index in [0.717, 1.165) is 31.9 Å². The molecule has 3 heteroatoms. The third kappa shape index (κ3) is 3.63. The molecule has 1 aliphatic rings. The van der Waals surface area contributed by atoms with Crippen LogP contribution in [0.3, 0.4) is 0 Å². The van der Waals surface area contributed by atoms with Gasteiger partial charge in [0, 0.05) is 32.2 Å². The lowest BCUT2D eigenvalue weighted by Gasteiger charge is -2.34. The summed E-state index contributed by atoms with van der Waals surface area (Å²) in [7, 11) is 1.70. The summed E-state index contributed by atoms with van der Waals surface area (Å²) < 4.78 is 5.21. The minimum Gasteiger partial charge on any atom is -0.497 e. The Labute approximate surface area is 126 Å². The zero-order valence-electron chi connectivity index (χ0n) is 12.5. The van der Waals surface area contributed by atoms with Gasteiger partial charge in [-0.05, 0) is 23.3 Å². The van der Waals surface area contributed by atoms with Crippen LogP contribution in [0.15, 0.2) is 54.6 Å². The van der Waals surface area contributed by atoms with E-state index in [9.17, 15) is 0 Å². The Morgan fingerprint density at radius 2 is 1.86 bits per heavy atom. The third-order valence-electron chi connectivity index (χ3n) is 4.03. The molecular formula is C18H22N2O. The molecule has 110 valence electrons. The van der Waals surface area contributed by atoms with Crippen LogP contribution in [0.2, 0.25) is 0 Å². The van der Waals surface area contributed by atoms with E-state index < -0.39 is 0 Å². The molecule has 1 N–H and O–H groups in total. The van der Waals surface area contributed by atoms with Crippen molar-refractivity contribution in [2.75, 3.05) is 26.7 Å². The first kappa shape index (κ1) is 14.1. The van der Waals surface area contributed by atoms with Gasteiger partial charge in [0.1, 0.15) is 5.75 Å². The van der Waals surface area contributed by atoms with E-state index in [-0.39, 0.29) is 0 Å². The smallest absolute Gasteiger partial charge is 0.118 e. The topological polar surface area (TPSA) is 24.5 Å². The molecule has 0 radical (unpaired) electrons. The van der Waals surface area contributed by atoms with Crippen molar-refractivity contribution in [3.8, 4) is 5.75 Å². The van der Waals surface area contributed by atoms with Gasteiger partial charge in [0.2, 0.25) is 0 Å². The summed E-state index contributed by atoms with van der Waals surface area (Å²) in [6.45, 7) is 4.18. The molecule has 1 atom stereocenters. The molecule has 1 heterocycles. The molecule has 1 unspecified atom stereocenters. The average molecular weight is 282 g/mol. The third-order valence-corrected chi connectivity index (χ3v) is 4.03. The van der Waals surface area contributed by atoms with Crippen LogP contribution in [-0.4, -0.2) is 31.6 Å². The first-order valence-corrected chi connectivity index (χ1v) is 7.49. The van der Waals surface area contributed by atoms with Crippen molar-refractivity contribution in [1.82, 2.24) is 10.2 Å². The molecule has 1 aliphatic heterocycles. The van der Waals surface area contributed by atoms with Crippen molar-refractivity contribution < 1.29 is 4.74 Å². The highest BCUT2D eigenvalue weighted by atomic mass is 16.5. The summed E-state index contributed by atoms with van der Waals surface area (Å²) in [5.41, 5.74) is 2.71. The standard InChI is InChI=1S/C18H22N2O/c1-21-17-9-7-15(8-10-17)13-20-12-11-19-18(14-20)16-5-3-2-4-6-16/h2-10,18-19H,11-14H2,1H3. The van der Waals surface area contributed by atoms with Crippen LogP contribution in [0.5, 0.6) is 5.75 Å². The first-order valence-electron chi connectivity index (χ1n) is 7.49. The van der Waals surface area contributed by atoms with Crippen molar-refractivity contribution in [2.24, 2.45) is 0 Å². The number of ether oxygens (including phenoxy) is 1. The quantitative estimate of drug-likeness (QED) is 0.933. The predicted molar refractivity (Wildman–Crippen MR) is 85.5 cm³/mol. The number of nitrogens with one attached hydrogen (secondary N) is 1. The van der Waals surface area contributed by atoms with E-state index in [1.54, 1.807) is 7.11 Å². The van der Waals surface area contributed by atoms with E-state index >= 15 is 0 Å². The highest BCUT2D eigenvalue weighted by Gasteiger charge is 2.20. The van der Waals surface area contributed by atoms with E-state index in [2.05, 4.69) is 52.7 Å². The van der Waals surface area contributed by atoms with Gasteiger partial charge < -0.3 is 10.1 Å². The molecule has 2 aromatic carbocycles. The van der Waals surface area contributed by atoms with Gasteiger partial charge in [-0.15, -0.1) is 0 Å². The number of methoxy groups -OCH3 is 1.